The summed E-state index contributed by atoms with van der Waals surface area (Å²) >= 11 is 0. The van der Waals surface area contributed by atoms with Gasteiger partial charge in [-0.1, -0.05) is 20.8 Å². The van der Waals surface area contributed by atoms with Crippen molar-refractivity contribution in [1.82, 2.24) is 10.2 Å². The van der Waals surface area contributed by atoms with Crippen LogP contribution >= 0.6 is 0 Å². The van der Waals surface area contributed by atoms with Crippen LogP contribution in [0.15, 0.2) is 0 Å². The van der Waals surface area contributed by atoms with Crippen LogP contribution in [0, 0.1) is 5.41 Å². The molecule has 1 aliphatic rings. The molecule has 0 aromatic rings. The van der Waals surface area contributed by atoms with Gasteiger partial charge < -0.3 is 10.2 Å². The molecule has 0 aromatic carbocycles. The SMILES string of the molecule is CC(C)(C)C1NC(=O)CCN(CCCC(F)(F)F)C1=O. The normalized spacial score (nSPS) is 21.7. The molecule has 0 radical (unpaired) electrons. The maximum absolute atomic E-state index is 12.3. The average molecular weight is 294 g/mol. The maximum atomic E-state index is 12.3. The molecule has 1 saturated heterocycles. The lowest BCUT2D eigenvalue weighted by Crippen LogP contribution is -2.52. The van der Waals surface area contributed by atoms with Crippen molar-refractivity contribution < 1.29 is 22.8 Å². The van der Waals surface area contributed by atoms with Gasteiger partial charge in [0.1, 0.15) is 6.04 Å². The van der Waals surface area contributed by atoms with Crippen molar-refractivity contribution in [2.24, 2.45) is 5.41 Å². The highest BCUT2D eigenvalue weighted by molar-refractivity contribution is 5.90. The standard InChI is InChI=1S/C13H21F3N2O2/c1-12(2,3)10-11(20)18(8-5-9(19)17-10)7-4-6-13(14,15)16/h10H,4-8H2,1-3H3,(H,17,19). The molecule has 0 aromatic heterocycles. The number of carbonyl (C=O) groups is 2. The van der Waals surface area contributed by atoms with Gasteiger partial charge in [-0.3, -0.25) is 9.59 Å². The number of hydrogen-bond donors (Lipinski definition) is 1. The highest BCUT2D eigenvalue weighted by atomic mass is 19.4. The van der Waals surface area contributed by atoms with Gasteiger partial charge in [-0.25, -0.2) is 0 Å². The molecule has 7 heteroatoms. The molecule has 1 unspecified atom stereocenters. The number of halogens is 3. The van der Waals surface area contributed by atoms with Gasteiger partial charge in [0.15, 0.2) is 0 Å². The Bertz CT molecular complexity index is 375. The summed E-state index contributed by atoms with van der Waals surface area (Å²) in [6.45, 7) is 5.65. The zero-order valence-electron chi connectivity index (χ0n) is 12.0. The quantitative estimate of drug-likeness (QED) is 0.866. The number of carbonyl (C=O) groups excluding carboxylic acids is 2. The molecule has 1 fully saturated rings. The summed E-state index contributed by atoms with van der Waals surface area (Å²) in [5.41, 5.74) is -0.473. The molecule has 4 nitrogen and oxygen atoms in total. The lowest BCUT2D eigenvalue weighted by molar-refractivity contribution is -0.142. The molecule has 0 bridgehead atoms. The molecular formula is C13H21F3N2O2. The van der Waals surface area contributed by atoms with Crippen molar-refractivity contribution >= 4 is 11.8 Å². The monoisotopic (exact) mass is 294 g/mol. The molecule has 1 rings (SSSR count). The molecule has 1 heterocycles. The van der Waals surface area contributed by atoms with Crippen LogP contribution in [0.2, 0.25) is 0 Å². The van der Waals surface area contributed by atoms with Crippen LogP contribution in [0.1, 0.15) is 40.0 Å². The van der Waals surface area contributed by atoms with Crippen molar-refractivity contribution in [2.75, 3.05) is 13.1 Å². The van der Waals surface area contributed by atoms with E-state index in [4.69, 9.17) is 0 Å². The van der Waals surface area contributed by atoms with E-state index in [0.717, 1.165) is 0 Å². The molecule has 1 atom stereocenters. The van der Waals surface area contributed by atoms with E-state index >= 15 is 0 Å². The first-order valence-corrected chi connectivity index (χ1v) is 6.65. The zero-order valence-corrected chi connectivity index (χ0v) is 12.0. The highest BCUT2D eigenvalue weighted by Gasteiger charge is 2.38. The number of amides is 2. The highest BCUT2D eigenvalue weighted by Crippen LogP contribution is 2.25. The smallest absolute Gasteiger partial charge is 0.344 e. The Labute approximate surface area is 116 Å². The number of nitrogens with one attached hydrogen (secondary N) is 1. The molecule has 0 spiro atoms. The van der Waals surface area contributed by atoms with Gasteiger partial charge >= 0.3 is 6.18 Å². The summed E-state index contributed by atoms with van der Waals surface area (Å²) in [6.07, 6.45) is -5.14. The Morgan fingerprint density at radius 1 is 1.25 bits per heavy atom. The van der Waals surface area contributed by atoms with E-state index in [2.05, 4.69) is 5.32 Å². The van der Waals surface area contributed by atoms with E-state index in [1.807, 2.05) is 20.8 Å². The molecule has 1 aliphatic heterocycles. The van der Waals surface area contributed by atoms with Crippen molar-refractivity contribution in [3.63, 3.8) is 0 Å². The Kier molecular flexibility index (Phi) is 5.05. The van der Waals surface area contributed by atoms with Crippen molar-refractivity contribution in [1.29, 1.82) is 0 Å². The van der Waals surface area contributed by atoms with Gasteiger partial charge in [-0.05, 0) is 11.8 Å². The van der Waals surface area contributed by atoms with Gasteiger partial charge in [0.25, 0.3) is 0 Å². The van der Waals surface area contributed by atoms with E-state index in [1.54, 1.807) is 0 Å². The number of nitrogens with zero attached hydrogens (tertiary/aromatic N) is 1. The van der Waals surface area contributed by atoms with Gasteiger partial charge in [-0.2, -0.15) is 13.2 Å². The third-order valence-corrected chi connectivity index (χ3v) is 3.23. The van der Waals surface area contributed by atoms with Crippen LogP contribution in [0.25, 0.3) is 0 Å². The van der Waals surface area contributed by atoms with Gasteiger partial charge in [0.2, 0.25) is 11.8 Å². The first kappa shape index (κ1) is 16.8. The minimum atomic E-state index is -4.22. The van der Waals surface area contributed by atoms with Crippen LogP contribution in [-0.2, 0) is 9.59 Å². The van der Waals surface area contributed by atoms with Crippen LogP contribution in [0.3, 0.4) is 0 Å². The Balaban J connectivity index is 2.70. The lowest BCUT2D eigenvalue weighted by atomic mass is 9.86. The summed E-state index contributed by atoms with van der Waals surface area (Å²) in [5.74, 6) is -0.540. The van der Waals surface area contributed by atoms with Crippen molar-refractivity contribution in [2.45, 2.75) is 52.3 Å². The minimum Gasteiger partial charge on any atom is -0.344 e. The van der Waals surface area contributed by atoms with Crippen LogP contribution in [0.5, 0.6) is 0 Å². The maximum Gasteiger partial charge on any atom is 0.389 e. The summed E-state index contributed by atoms with van der Waals surface area (Å²) in [4.78, 5) is 25.3. The zero-order chi connectivity index (χ0) is 15.6. The van der Waals surface area contributed by atoms with E-state index in [-0.39, 0.29) is 37.7 Å². The molecule has 0 saturated carbocycles. The molecule has 0 aliphatic carbocycles. The summed E-state index contributed by atoms with van der Waals surface area (Å²) in [5, 5.41) is 2.65. The Hall–Kier alpha value is -1.27. The third kappa shape index (κ3) is 5.02. The molecule has 1 N–H and O–H groups in total. The van der Waals surface area contributed by atoms with Crippen LogP contribution < -0.4 is 5.32 Å². The fraction of sp³-hybridized carbons (Fsp3) is 0.846. The van der Waals surface area contributed by atoms with Gasteiger partial charge in [0, 0.05) is 25.9 Å². The lowest BCUT2D eigenvalue weighted by Gasteiger charge is -2.32. The van der Waals surface area contributed by atoms with E-state index in [9.17, 15) is 22.8 Å². The largest absolute Gasteiger partial charge is 0.389 e. The topological polar surface area (TPSA) is 49.4 Å². The summed E-state index contributed by atoms with van der Waals surface area (Å²) in [6, 6.07) is -0.691. The first-order chi connectivity index (χ1) is 9.00. The van der Waals surface area contributed by atoms with Crippen molar-refractivity contribution in [3.05, 3.63) is 0 Å². The van der Waals surface area contributed by atoms with Crippen LogP contribution in [0.4, 0.5) is 13.2 Å². The predicted molar refractivity (Wildman–Crippen MR) is 67.9 cm³/mol. The van der Waals surface area contributed by atoms with Gasteiger partial charge in [0.05, 0.1) is 0 Å². The molecule has 20 heavy (non-hydrogen) atoms. The minimum absolute atomic E-state index is 0.0277. The fourth-order valence-corrected chi connectivity index (χ4v) is 2.10. The van der Waals surface area contributed by atoms with Gasteiger partial charge in [-0.15, -0.1) is 0 Å². The summed E-state index contributed by atoms with van der Waals surface area (Å²) < 4.78 is 36.4. The number of hydrogen-bond acceptors (Lipinski definition) is 2. The van der Waals surface area contributed by atoms with E-state index < -0.39 is 24.1 Å². The molecular weight excluding hydrogens is 273 g/mol. The second kappa shape index (κ2) is 6.01. The molecule has 2 amide bonds. The Morgan fingerprint density at radius 3 is 2.35 bits per heavy atom. The average Bonchev–Trinajstić information content (AvgIpc) is 2.39. The van der Waals surface area contributed by atoms with E-state index in [1.165, 1.54) is 4.90 Å². The second-order valence-electron chi connectivity index (χ2n) is 6.16. The second-order valence-corrected chi connectivity index (χ2v) is 6.16. The third-order valence-electron chi connectivity index (χ3n) is 3.23. The number of rotatable bonds is 3. The molecule has 116 valence electrons. The van der Waals surface area contributed by atoms with Crippen LogP contribution in [-0.4, -0.2) is 42.0 Å². The fourth-order valence-electron chi connectivity index (χ4n) is 2.10. The predicted octanol–water partition coefficient (Wildman–Crippen LogP) is 2.09. The van der Waals surface area contributed by atoms with Crippen molar-refractivity contribution in [3.8, 4) is 0 Å². The Morgan fingerprint density at radius 2 is 1.85 bits per heavy atom. The van der Waals surface area contributed by atoms with E-state index in [0.29, 0.717) is 0 Å². The first-order valence-electron chi connectivity index (χ1n) is 6.65. The number of alkyl halides is 3. The summed E-state index contributed by atoms with van der Waals surface area (Å²) in [7, 11) is 0.